The first-order valence-corrected chi connectivity index (χ1v) is 6.00. The van der Waals surface area contributed by atoms with Gasteiger partial charge in [0, 0.05) is 25.1 Å². The maximum Gasteiger partial charge on any atom is 0.162 e. The Morgan fingerprint density at radius 3 is 2.88 bits per heavy atom. The van der Waals surface area contributed by atoms with Gasteiger partial charge in [-0.15, -0.1) is 0 Å². The van der Waals surface area contributed by atoms with Gasteiger partial charge < -0.3 is 4.74 Å². The highest BCUT2D eigenvalue weighted by atomic mass is 79.9. The number of aromatic nitrogens is 3. The van der Waals surface area contributed by atoms with Crippen LogP contribution in [0.15, 0.2) is 29.0 Å². The SMILES string of the molecule is COCc1nc(-c2cccnc2)nc(Cl)c1Br. The minimum atomic E-state index is 0.367. The standard InChI is InChI=1S/C11H9BrClN3O/c1-17-6-8-9(12)10(13)16-11(15-8)7-3-2-4-14-5-7/h2-5H,6H2,1H3. The molecule has 4 nitrogen and oxygen atoms in total. The molecular weight excluding hydrogens is 305 g/mol. The molecule has 2 heterocycles. The molecule has 0 amide bonds. The molecule has 0 aliphatic rings. The van der Waals surface area contributed by atoms with Crippen LogP contribution in [0.5, 0.6) is 0 Å². The smallest absolute Gasteiger partial charge is 0.162 e. The van der Waals surface area contributed by atoms with Crippen molar-refractivity contribution in [1.82, 2.24) is 15.0 Å². The summed E-state index contributed by atoms with van der Waals surface area (Å²) in [6, 6.07) is 3.70. The van der Waals surface area contributed by atoms with Crippen molar-refractivity contribution in [2.24, 2.45) is 0 Å². The molecule has 0 spiro atoms. The molecule has 0 aliphatic heterocycles. The van der Waals surface area contributed by atoms with Crippen LogP contribution in [0.2, 0.25) is 5.15 Å². The van der Waals surface area contributed by atoms with Gasteiger partial charge in [0.2, 0.25) is 0 Å². The lowest BCUT2D eigenvalue weighted by atomic mass is 10.2. The Bertz CT molecular complexity index is 522. The summed E-state index contributed by atoms with van der Waals surface area (Å²) in [6.07, 6.45) is 3.39. The fraction of sp³-hybridized carbons (Fsp3) is 0.182. The lowest BCUT2D eigenvalue weighted by molar-refractivity contribution is 0.181. The van der Waals surface area contributed by atoms with Crippen molar-refractivity contribution in [2.75, 3.05) is 7.11 Å². The Morgan fingerprint density at radius 2 is 2.24 bits per heavy atom. The third-order valence-electron chi connectivity index (χ3n) is 2.08. The predicted octanol–water partition coefficient (Wildman–Crippen LogP) is 3.10. The van der Waals surface area contributed by atoms with E-state index in [0.717, 1.165) is 5.56 Å². The van der Waals surface area contributed by atoms with Gasteiger partial charge in [0.05, 0.1) is 16.8 Å². The first-order valence-electron chi connectivity index (χ1n) is 4.83. The number of halogens is 2. The van der Waals surface area contributed by atoms with Crippen LogP contribution in [0.4, 0.5) is 0 Å². The van der Waals surface area contributed by atoms with Crippen molar-refractivity contribution < 1.29 is 4.74 Å². The van der Waals surface area contributed by atoms with E-state index in [4.69, 9.17) is 16.3 Å². The van der Waals surface area contributed by atoms with Gasteiger partial charge in [-0.05, 0) is 28.1 Å². The average molecular weight is 315 g/mol. The summed E-state index contributed by atoms with van der Waals surface area (Å²) in [4.78, 5) is 12.6. The first kappa shape index (κ1) is 12.4. The number of hydrogen-bond donors (Lipinski definition) is 0. The van der Waals surface area contributed by atoms with Crippen LogP contribution < -0.4 is 0 Å². The van der Waals surface area contributed by atoms with Crippen LogP contribution in [0.3, 0.4) is 0 Å². The highest BCUT2D eigenvalue weighted by Crippen LogP contribution is 2.26. The van der Waals surface area contributed by atoms with Crippen LogP contribution in [0, 0.1) is 0 Å². The van der Waals surface area contributed by atoms with Crippen LogP contribution >= 0.6 is 27.5 Å². The lowest BCUT2D eigenvalue weighted by Gasteiger charge is -2.07. The van der Waals surface area contributed by atoms with E-state index in [1.54, 1.807) is 19.5 Å². The molecule has 0 saturated carbocycles. The summed E-state index contributed by atoms with van der Waals surface area (Å²) in [7, 11) is 1.60. The van der Waals surface area contributed by atoms with Gasteiger partial charge in [-0.3, -0.25) is 4.98 Å². The van der Waals surface area contributed by atoms with Crippen molar-refractivity contribution in [2.45, 2.75) is 6.61 Å². The molecule has 88 valence electrons. The van der Waals surface area contributed by atoms with Crippen molar-refractivity contribution in [3.05, 3.63) is 39.8 Å². The molecule has 0 atom stereocenters. The summed E-state index contributed by atoms with van der Waals surface area (Å²) in [5.74, 6) is 0.540. The second-order valence-electron chi connectivity index (χ2n) is 3.27. The molecule has 0 saturated heterocycles. The minimum absolute atomic E-state index is 0.367. The van der Waals surface area contributed by atoms with Gasteiger partial charge in [-0.25, -0.2) is 9.97 Å². The molecule has 0 aromatic carbocycles. The first-order chi connectivity index (χ1) is 8.22. The predicted molar refractivity (Wildman–Crippen MR) is 68.7 cm³/mol. The summed E-state index contributed by atoms with van der Waals surface area (Å²) in [5.41, 5.74) is 1.53. The molecule has 2 aromatic rings. The van der Waals surface area contributed by atoms with Crippen molar-refractivity contribution >= 4 is 27.5 Å². The molecule has 0 unspecified atom stereocenters. The average Bonchev–Trinajstić information content (AvgIpc) is 2.36. The molecule has 6 heteroatoms. The second-order valence-corrected chi connectivity index (χ2v) is 4.42. The van der Waals surface area contributed by atoms with Crippen LogP contribution in [-0.2, 0) is 11.3 Å². The van der Waals surface area contributed by atoms with E-state index in [1.165, 1.54) is 0 Å². The summed E-state index contributed by atoms with van der Waals surface area (Å²) in [5, 5.41) is 0.367. The maximum atomic E-state index is 6.03. The molecule has 0 fully saturated rings. The molecule has 0 aliphatic carbocycles. The fourth-order valence-electron chi connectivity index (χ4n) is 1.32. The molecular formula is C11H9BrClN3O. The lowest BCUT2D eigenvalue weighted by Crippen LogP contribution is -2.00. The summed E-state index contributed by atoms with van der Waals surface area (Å²) in [6.45, 7) is 0.371. The monoisotopic (exact) mass is 313 g/mol. The summed E-state index contributed by atoms with van der Waals surface area (Å²) >= 11 is 9.37. The van der Waals surface area contributed by atoms with E-state index in [2.05, 4.69) is 30.9 Å². The van der Waals surface area contributed by atoms with Crippen molar-refractivity contribution in [1.29, 1.82) is 0 Å². The van der Waals surface area contributed by atoms with Crippen LogP contribution in [0.25, 0.3) is 11.4 Å². The maximum absolute atomic E-state index is 6.03. The van der Waals surface area contributed by atoms with Crippen LogP contribution in [-0.4, -0.2) is 22.1 Å². The van der Waals surface area contributed by atoms with Gasteiger partial charge >= 0.3 is 0 Å². The number of nitrogens with zero attached hydrogens (tertiary/aromatic N) is 3. The van der Waals surface area contributed by atoms with Crippen LogP contribution in [0.1, 0.15) is 5.69 Å². The summed E-state index contributed by atoms with van der Waals surface area (Å²) < 4.78 is 5.72. The molecule has 2 rings (SSSR count). The number of ether oxygens (including phenoxy) is 1. The minimum Gasteiger partial charge on any atom is -0.378 e. The second kappa shape index (κ2) is 5.53. The highest BCUT2D eigenvalue weighted by Gasteiger charge is 2.11. The molecule has 0 radical (unpaired) electrons. The fourth-order valence-corrected chi connectivity index (χ4v) is 1.80. The van der Waals surface area contributed by atoms with Crippen molar-refractivity contribution in [3.8, 4) is 11.4 Å². The van der Waals surface area contributed by atoms with E-state index in [-0.39, 0.29) is 0 Å². The normalized spacial score (nSPS) is 10.5. The Morgan fingerprint density at radius 1 is 1.41 bits per heavy atom. The third kappa shape index (κ3) is 2.80. The van der Waals surface area contributed by atoms with Gasteiger partial charge in [0.25, 0.3) is 0 Å². The molecule has 17 heavy (non-hydrogen) atoms. The van der Waals surface area contributed by atoms with E-state index >= 15 is 0 Å². The van der Waals surface area contributed by atoms with E-state index in [0.29, 0.717) is 27.8 Å². The Labute approximate surface area is 112 Å². The molecule has 2 aromatic heterocycles. The highest BCUT2D eigenvalue weighted by molar-refractivity contribution is 9.10. The van der Waals surface area contributed by atoms with E-state index < -0.39 is 0 Å². The Balaban J connectivity index is 2.49. The third-order valence-corrected chi connectivity index (χ3v) is 3.42. The largest absolute Gasteiger partial charge is 0.378 e. The zero-order valence-electron chi connectivity index (χ0n) is 9.02. The number of pyridine rings is 1. The number of hydrogen-bond acceptors (Lipinski definition) is 4. The van der Waals surface area contributed by atoms with Crippen molar-refractivity contribution in [3.63, 3.8) is 0 Å². The van der Waals surface area contributed by atoms with Gasteiger partial charge in [0.1, 0.15) is 5.15 Å². The zero-order chi connectivity index (χ0) is 12.3. The number of rotatable bonds is 3. The van der Waals surface area contributed by atoms with Gasteiger partial charge in [0.15, 0.2) is 5.82 Å². The Kier molecular flexibility index (Phi) is 4.04. The number of methoxy groups -OCH3 is 1. The quantitative estimate of drug-likeness (QED) is 0.817. The topological polar surface area (TPSA) is 47.9 Å². The Hall–Kier alpha value is -1.04. The molecule has 0 bridgehead atoms. The molecule has 0 N–H and O–H groups in total. The van der Waals surface area contributed by atoms with Gasteiger partial charge in [-0.1, -0.05) is 11.6 Å². The van der Waals surface area contributed by atoms with Gasteiger partial charge in [-0.2, -0.15) is 0 Å². The van der Waals surface area contributed by atoms with E-state index in [9.17, 15) is 0 Å². The van der Waals surface area contributed by atoms with E-state index in [1.807, 2.05) is 12.1 Å². The zero-order valence-corrected chi connectivity index (χ0v) is 11.4.